The van der Waals surface area contributed by atoms with Crippen LogP contribution in [0.1, 0.15) is 31.3 Å². The molecule has 1 aromatic heterocycles. The van der Waals surface area contributed by atoms with Gasteiger partial charge in [0.05, 0.1) is 11.2 Å². The molecular formula is C17H20FNO4S. The Hall–Kier alpha value is -2.15. The minimum absolute atomic E-state index is 0.0246. The molecule has 2 rings (SSSR count). The van der Waals surface area contributed by atoms with E-state index in [0.717, 1.165) is 12.1 Å². The van der Waals surface area contributed by atoms with Crippen molar-refractivity contribution in [3.8, 4) is 0 Å². The number of nitrogens with one attached hydrogen (secondary N) is 1. The molecule has 1 heterocycles. The highest BCUT2D eigenvalue weighted by Gasteiger charge is 2.31. The topological polar surface area (TPSA) is 76.4 Å². The molecule has 1 atom stereocenters. The van der Waals surface area contributed by atoms with Gasteiger partial charge in [0, 0.05) is 13.0 Å². The number of amides is 1. The van der Waals surface area contributed by atoms with Gasteiger partial charge in [0.2, 0.25) is 5.91 Å². The molecule has 0 radical (unpaired) electrons. The number of sulfone groups is 1. The molecule has 0 saturated heterocycles. The highest BCUT2D eigenvalue weighted by atomic mass is 32.2. The number of hydrogen-bond donors (Lipinski definition) is 1. The largest absolute Gasteiger partial charge is 0.468 e. The van der Waals surface area contributed by atoms with E-state index in [0.29, 0.717) is 6.42 Å². The Balaban J connectivity index is 2.26. The summed E-state index contributed by atoms with van der Waals surface area (Å²) in [5.41, 5.74) is 0. The van der Waals surface area contributed by atoms with Crippen LogP contribution in [0.4, 0.5) is 4.39 Å². The highest BCUT2D eigenvalue weighted by Crippen LogP contribution is 2.29. The quantitative estimate of drug-likeness (QED) is 0.776. The molecular weight excluding hydrogens is 333 g/mol. The van der Waals surface area contributed by atoms with E-state index in [1.165, 1.54) is 18.4 Å². The number of rotatable bonds is 7. The lowest BCUT2D eigenvalue weighted by Crippen LogP contribution is -2.32. The molecule has 0 bridgehead atoms. The Labute approximate surface area is 140 Å². The van der Waals surface area contributed by atoms with Crippen molar-refractivity contribution in [1.29, 1.82) is 0 Å². The number of carbonyl (C=O) groups is 1. The van der Waals surface area contributed by atoms with Crippen LogP contribution in [0.5, 0.6) is 0 Å². The first-order valence-electron chi connectivity index (χ1n) is 7.60. The molecule has 0 aliphatic heterocycles. The standard InChI is InChI=1S/C17H20FNO4S/c1-12(2)10-17(20)19-11-16(15-4-3-9-23-15)24(21,22)14-7-5-13(18)6-8-14/h3-9,12,16H,10-11H2,1-2H3,(H,19,20). The van der Waals surface area contributed by atoms with E-state index >= 15 is 0 Å². The van der Waals surface area contributed by atoms with Crippen LogP contribution in [-0.4, -0.2) is 20.9 Å². The highest BCUT2D eigenvalue weighted by molar-refractivity contribution is 7.91. The summed E-state index contributed by atoms with van der Waals surface area (Å²) in [4.78, 5) is 11.8. The first-order valence-corrected chi connectivity index (χ1v) is 9.15. The molecule has 130 valence electrons. The van der Waals surface area contributed by atoms with Crippen LogP contribution < -0.4 is 5.32 Å². The fourth-order valence-electron chi connectivity index (χ4n) is 2.28. The predicted octanol–water partition coefficient (Wildman–Crippen LogP) is 3.10. The summed E-state index contributed by atoms with van der Waals surface area (Å²) in [6.07, 6.45) is 1.68. The lowest BCUT2D eigenvalue weighted by atomic mass is 10.1. The molecule has 5 nitrogen and oxygen atoms in total. The van der Waals surface area contributed by atoms with E-state index in [4.69, 9.17) is 4.42 Å². The molecule has 7 heteroatoms. The minimum Gasteiger partial charge on any atom is -0.468 e. The van der Waals surface area contributed by atoms with Crippen molar-refractivity contribution >= 4 is 15.7 Å². The van der Waals surface area contributed by atoms with Crippen LogP contribution in [0.15, 0.2) is 52.0 Å². The van der Waals surface area contributed by atoms with Gasteiger partial charge in [0.15, 0.2) is 9.84 Å². The van der Waals surface area contributed by atoms with E-state index in [1.807, 2.05) is 13.8 Å². The smallest absolute Gasteiger partial charge is 0.220 e. The third-order valence-electron chi connectivity index (χ3n) is 3.46. The summed E-state index contributed by atoms with van der Waals surface area (Å²) in [6, 6.07) is 7.71. The van der Waals surface area contributed by atoms with E-state index in [-0.39, 0.29) is 29.0 Å². The van der Waals surface area contributed by atoms with Gasteiger partial charge in [-0.05, 0) is 42.3 Å². The Morgan fingerprint density at radius 3 is 2.42 bits per heavy atom. The predicted molar refractivity (Wildman–Crippen MR) is 87.5 cm³/mol. The third-order valence-corrected chi connectivity index (χ3v) is 5.53. The monoisotopic (exact) mass is 353 g/mol. The Morgan fingerprint density at radius 2 is 1.88 bits per heavy atom. The zero-order chi connectivity index (χ0) is 17.7. The van der Waals surface area contributed by atoms with E-state index < -0.39 is 20.9 Å². The lowest BCUT2D eigenvalue weighted by molar-refractivity contribution is -0.121. The van der Waals surface area contributed by atoms with E-state index in [9.17, 15) is 17.6 Å². The third kappa shape index (κ3) is 4.44. The van der Waals surface area contributed by atoms with Gasteiger partial charge in [-0.25, -0.2) is 12.8 Å². The molecule has 0 fully saturated rings. The second kappa shape index (κ2) is 7.61. The number of benzene rings is 1. The fourth-order valence-corrected chi connectivity index (χ4v) is 3.86. The summed E-state index contributed by atoms with van der Waals surface area (Å²) in [5, 5.41) is 1.56. The van der Waals surface area contributed by atoms with Crippen molar-refractivity contribution in [2.75, 3.05) is 6.54 Å². The van der Waals surface area contributed by atoms with Crippen molar-refractivity contribution in [3.63, 3.8) is 0 Å². The first-order chi connectivity index (χ1) is 11.3. The maximum absolute atomic E-state index is 13.1. The molecule has 1 amide bonds. The SMILES string of the molecule is CC(C)CC(=O)NCC(c1ccco1)S(=O)(=O)c1ccc(F)cc1. The lowest BCUT2D eigenvalue weighted by Gasteiger charge is -2.17. The average Bonchev–Trinajstić information content (AvgIpc) is 3.01. The van der Waals surface area contributed by atoms with E-state index in [2.05, 4.69) is 5.32 Å². The number of furan rings is 1. The molecule has 1 N–H and O–H groups in total. The van der Waals surface area contributed by atoms with Gasteiger partial charge in [0.1, 0.15) is 16.8 Å². The number of halogens is 1. The first kappa shape index (κ1) is 18.2. The fraction of sp³-hybridized carbons (Fsp3) is 0.353. The molecule has 0 spiro atoms. The molecule has 24 heavy (non-hydrogen) atoms. The normalized spacial score (nSPS) is 13.0. The van der Waals surface area contributed by atoms with Crippen LogP contribution in [0, 0.1) is 11.7 Å². The second-order valence-corrected chi connectivity index (χ2v) is 8.04. The Kier molecular flexibility index (Phi) is 5.77. The maximum Gasteiger partial charge on any atom is 0.220 e. The van der Waals surface area contributed by atoms with Gasteiger partial charge < -0.3 is 9.73 Å². The van der Waals surface area contributed by atoms with Crippen LogP contribution in [0.25, 0.3) is 0 Å². The average molecular weight is 353 g/mol. The van der Waals surface area contributed by atoms with Crippen molar-refractivity contribution in [2.24, 2.45) is 5.92 Å². The molecule has 0 aliphatic carbocycles. The molecule has 1 unspecified atom stereocenters. The zero-order valence-electron chi connectivity index (χ0n) is 13.5. The van der Waals surface area contributed by atoms with Gasteiger partial charge in [-0.1, -0.05) is 13.8 Å². The Bertz CT molecular complexity index is 767. The second-order valence-electron chi connectivity index (χ2n) is 5.91. The van der Waals surface area contributed by atoms with Gasteiger partial charge in [0.25, 0.3) is 0 Å². The van der Waals surface area contributed by atoms with Crippen LogP contribution in [-0.2, 0) is 14.6 Å². The number of hydrogen-bond acceptors (Lipinski definition) is 4. The summed E-state index contributed by atoms with van der Waals surface area (Å²) in [6.45, 7) is 3.69. The molecule has 1 aromatic carbocycles. The van der Waals surface area contributed by atoms with Crippen molar-refractivity contribution in [2.45, 2.75) is 30.4 Å². The maximum atomic E-state index is 13.1. The Morgan fingerprint density at radius 1 is 1.21 bits per heavy atom. The van der Waals surface area contributed by atoms with Gasteiger partial charge in [-0.15, -0.1) is 0 Å². The van der Waals surface area contributed by atoms with Crippen LogP contribution in [0.3, 0.4) is 0 Å². The van der Waals surface area contributed by atoms with Crippen LogP contribution in [0.2, 0.25) is 0 Å². The summed E-state index contributed by atoms with van der Waals surface area (Å²) < 4.78 is 44.0. The molecule has 2 aromatic rings. The van der Waals surface area contributed by atoms with Crippen LogP contribution >= 0.6 is 0 Å². The molecule has 0 saturated carbocycles. The summed E-state index contributed by atoms with van der Waals surface area (Å²) >= 11 is 0. The van der Waals surface area contributed by atoms with Crippen molar-refractivity contribution in [3.05, 3.63) is 54.2 Å². The number of carbonyl (C=O) groups excluding carboxylic acids is 1. The van der Waals surface area contributed by atoms with Crippen molar-refractivity contribution in [1.82, 2.24) is 5.32 Å². The molecule has 0 aliphatic rings. The van der Waals surface area contributed by atoms with Gasteiger partial charge in [-0.2, -0.15) is 0 Å². The minimum atomic E-state index is -3.84. The van der Waals surface area contributed by atoms with Crippen molar-refractivity contribution < 1.29 is 22.0 Å². The zero-order valence-corrected chi connectivity index (χ0v) is 14.3. The summed E-state index contributed by atoms with van der Waals surface area (Å²) in [5.74, 6) is -0.352. The van der Waals surface area contributed by atoms with E-state index in [1.54, 1.807) is 12.1 Å². The van der Waals surface area contributed by atoms with Gasteiger partial charge >= 0.3 is 0 Å². The summed E-state index contributed by atoms with van der Waals surface area (Å²) in [7, 11) is -3.84. The van der Waals surface area contributed by atoms with Gasteiger partial charge in [-0.3, -0.25) is 4.79 Å².